The van der Waals surface area contributed by atoms with Gasteiger partial charge in [-0.1, -0.05) is 31.5 Å². The highest BCUT2D eigenvalue weighted by Gasteiger charge is 2.17. The quantitative estimate of drug-likeness (QED) is 0.632. The Hall–Kier alpha value is -2.46. The standard InChI is InChI=1S/C21H23ClN2O2/c1-13(2)15-5-7-19-16(11-15)9-10-24(19)14(3)21(25)23-17-6-8-20(26-4)18(22)12-17/h5-14H,1-4H3,(H,23,25). The van der Waals surface area contributed by atoms with Crippen LogP contribution < -0.4 is 10.1 Å². The molecular weight excluding hydrogens is 348 g/mol. The smallest absolute Gasteiger partial charge is 0.247 e. The number of hydrogen-bond acceptors (Lipinski definition) is 2. The van der Waals surface area contributed by atoms with Gasteiger partial charge in [0.15, 0.2) is 0 Å². The largest absolute Gasteiger partial charge is 0.495 e. The van der Waals surface area contributed by atoms with Crippen LogP contribution >= 0.6 is 11.6 Å². The van der Waals surface area contributed by atoms with Gasteiger partial charge in [0.2, 0.25) is 5.91 Å². The van der Waals surface area contributed by atoms with Crippen molar-refractivity contribution in [1.29, 1.82) is 0 Å². The molecule has 1 unspecified atom stereocenters. The lowest BCUT2D eigenvalue weighted by Gasteiger charge is -2.16. The number of nitrogens with one attached hydrogen (secondary N) is 1. The summed E-state index contributed by atoms with van der Waals surface area (Å²) in [5.41, 5.74) is 2.98. The van der Waals surface area contributed by atoms with E-state index >= 15 is 0 Å². The maximum Gasteiger partial charge on any atom is 0.247 e. The summed E-state index contributed by atoms with van der Waals surface area (Å²) in [6.45, 7) is 6.23. The fourth-order valence-corrected chi connectivity index (χ4v) is 3.25. The van der Waals surface area contributed by atoms with E-state index in [9.17, 15) is 4.79 Å². The molecule has 3 aromatic rings. The van der Waals surface area contributed by atoms with Crippen molar-refractivity contribution in [3.05, 3.63) is 59.2 Å². The zero-order chi connectivity index (χ0) is 18.8. The molecule has 1 heterocycles. The lowest BCUT2D eigenvalue weighted by molar-refractivity contribution is -0.118. The third kappa shape index (κ3) is 3.56. The van der Waals surface area contributed by atoms with E-state index in [0.29, 0.717) is 22.4 Å². The molecule has 26 heavy (non-hydrogen) atoms. The molecule has 136 valence electrons. The summed E-state index contributed by atoms with van der Waals surface area (Å²) in [5, 5.41) is 4.52. The van der Waals surface area contributed by atoms with Crippen LogP contribution in [0.5, 0.6) is 5.75 Å². The topological polar surface area (TPSA) is 43.3 Å². The average Bonchev–Trinajstić information content (AvgIpc) is 3.04. The fraction of sp³-hybridized carbons (Fsp3) is 0.286. The number of fused-ring (bicyclic) bond motifs is 1. The van der Waals surface area contributed by atoms with Gasteiger partial charge >= 0.3 is 0 Å². The molecule has 0 saturated heterocycles. The second kappa shape index (κ2) is 7.42. The average molecular weight is 371 g/mol. The van der Waals surface area contributed by atoms with E-state index in [1.54, 1.807) is 25.3 Å². The van der Waals surface area contributed by atoms with Gasteiger partial charge in [-0.25, -0.2) is 0 Å². The van der Waals surface area contributed by atoms with E-state index in [-0.39, 0.29) is 11.9 Å². The first-order chi connectivity index (χ1) is 12.4. The Kier molecular flexibility index (Phi) is 5.23. The maximum atomic E-state index is 12.7. The lowest BCUT2D eigenvalue weighted by Crippen LogP contribution is -2.23. The van der Waals surface area contributed by atoms with Crippen LogP contribution in [-0.2, 0) is 4.79 Å². The van der Waals surface area contributed by atoms with Crippen LogP contribution in [0.3, 0.4) is 0 Å². The van der Waals surface area contributed by atoms with Crippen molar-refractivity contribution < 1.29 is 9.53 Å². The number of methoxy groups -OCH3 is 1. The number of rotatable bonds is 5. The second-order valence-electron chi connectivity index (χ2n) is 6.71. The minimum absolute atomic E-state index is 0.100. The van der Waals surface area contributed by atoms with Gasteiger partial charge in [-0.3, -0.25) is 4.79 Å². The Bertz CT molecular complexity index is 946. The number of aromatic nitrogens is 1. The molecule has 0 aliphatic heterocycles. The summed E-state index contributed by atoms with van der Waals surface area (Å²) in [4.78, 5) is 12.7. The molecule has 1 aromatic heterocycles. The molecule has 5 heteroatoms. The molecule has 0 aliphatic rings. The van der Waals surface area contributed by atoms with Gasteiger partial charge in [0, 0.05) is 17.4 Å². The molecule has 3 rings (SSSR count). The van der Waals surface area contributed by atoms with Crippen molar-refractivity contribution in [3.8, 4) is 5.75 Å². The molecule has 0 radical (unpaired) electrons. The molecule has 0 saturated carbocycles. The summed E-state index contributed by atoms with van der Waals surface area (Å²) in [6.07, 6.45) is 1.96. The number of carbonyl (C=O) groups excluding carboxylic acids is 1. The monoisotopic (exact) mass is 370 g/mol. The number of hydrogen-bond donors (Lipinski definition) is 1. The molecule has 1 atom stereocenters. The molecule has 0 aliphatic carbocycles. The number of amides is 1. The van der Waals surface area contributed by atoms with Gasteiger partial charge in [0.25, 0.3) is 0 Å². The van der Waals surface area contributed by atoms with Crippen molar-refractivity contribution in [2.45, 2.75) is 32.7 Å². The van der Waals surface area contributed by atoms with Gasteiger partial charge in [0.05, 0.1) is 12.1 Å². The van der Waals surface area contributed by atoms with Gasteiger partial charge in [0.1, 0.15) is 11.8 Å². The van der Waals surface area contributed by atoms with Crippen molar-refractivity contribution >= 4 is 34.1 Å². The molecule has 0 spiro atoms. The molecule has 4 nitrogen and oxygen atoms in total. The highest BCUT2D eigenvalue weighted by atomic mass is 35.5. The number of halogens is 1. The molecule has 2 aromatic carbocycles. The number of benzene rings is 2. The number of anilines is 1. The Balaban J connectivity index is 1.82. The highest BCUT2D eigenvalue weighted by Crippen LogP contribution is 2.28. The van der Waals surface area contributed by atoms with E-state index in [1.807, 2.05) is 17.7 Å². The van der Waals surface area contributed by atoms with Crippen molar-refractivity contribution in [2.24, 2.45) is 0 Å². The molecule has 1 amide bonds. The van der Waals surface area contributed by atoms with Gasteiger partial charge in [-0.15, -0.1) is 0 Å². The predicted octanol–water partition coefficient (Wildman–Crippen LogP) is 5.63. The predicted molar refractivity (Wildman–Crippen MR) is 107 cm³/mol. The SMILES string of the molecule is COc1ccc(NC(=O)C(C)n2ccc3cc(C(C)C)ccc32)cc1Cl. The Morgan fingerprint density at radius 2 is 1.88 bits per heavy atom. The van der Waals surface area contributed by atoms with Gasteiger partial charge in [-0.05, 0) is 60.2 Å². The number of carbonyl (C=O) groups is 1. The van der Waals surface area contributed by atoms with E-state index in [1.165, 1.54) is 5.56 Å². The summed E-state index contributed by atoms with van der Waals surface area (Å²) in [7, 11) is 1.56. The van der Waals surface area contributed by atoms with E-state index in [0.717, 1.165) is 10.9 Å². The maximum absolute atomic E-state index is 12.7. The highest BCUT2D eigenvalue weighted by molar-refractivity contribution is 6.32. The van der Waals surface area contributed by atoms with Crippen molar-refractivity contribution in [2.75, 3.05) is 12.4 Å². The van der Waals surface area contributed by atoms with E-state index < -0.39 is 0 Å². The minimum atomic E-state index is -0.349. The zero-order valence-electron chi connectivity index (χ0n) is 15.4. The normalized spacial score (nSPS) is 12.4. The number of nitrogens with zero attached hydrogens (tertiary/aromatic N) is 1. The zero-order valence-corrected chi connectivity index (χ0v) is 16.2. The lowest BCUT2D eigenvalue weighted by atomic mass is 10.0. The van der Waals surface area contributed by atoms with E-state index in [4.69, 9.17) is 16.3 Å². The summed E-state index contributed by atoms with van der Waals surface area (Å²) >= 11 is 6.13. The van der Waals surface area contributed by atoms with Crippen LogP contribution in [-0.4, -0.2) is 17.6 Å². The third-order valence-electron chi connectivity index (χ3n) is 4.63. The first kappa shape index (κ1) is 18.3. The Labute approximate surface area is 158 Å². The Morgan fingerprint density at radius 3 is 2.54 bits per heavy atom. The minimum Gasteiger partial charge on any atom is -0.495 e. The van der Waals surface area contributed by atoms with Crippen LogP contribution in [0.2, 0.25) is 5.02 Å². The summed E-state index contributed by atoms with van der Waals surface area (Å²) < 4.78 is 7.12. The van der Waals surface area contributed by atoms with Crippen LogP contribution in [0.1, 0.15) is 38.3 Å². The molecule has 0 fully saturated rings. The number of ether oxygens (including phenoxy) is 1. The van der Waals surface area contributed by atoms with Crippen LogP contribution in [0.15, 0.2) is 48.7 Å². The molecule has 0 bridgehead atoms. The van der Waals surface area contributed by atoms with Crippen LogP contribution in [0, 0.1) is 0 Å². The first-order valence-electron chi connectivity index (χ1n) is 8.65. The van der Waals surface area contributed by atoms with Crippen LogP contribution in [0.25, 0.3) is 10.9 Å². The second-order valence-corrected chi connectivity index (χ2v) is 7.12. The molecule has 1 N–H and O–H groups in total. The van der Waals surface area contributed by atoms with Gasteiger partial charge in [-0.2, -0.15) is 0 Å². The first-order valence-corrected chi connectivity index (χ1v) is 9.03. The fourth-order valence-electron chi connectivity index (χ4n) is 3.00. The van der Waals surface area contributed by atoms with Crippen molar-refractivity contribution in [1.82, 2.24) is 4.57 Å². The van der Waals surface area contributed by atoms with Gasteiger partial charge < -0.3 is 14.6 Å². The van der Waals surface area contributed by atoms with E-state index in [2.05, 4.69) is 43.4 Å². The third-order valence-corrected chi connectivity index (χ3v) is 4.92. The summed E-state index contributed by atoms with van der Waals surface area (Å²) in [5.74, 6) is 0.954. The molecular formula is C21H23ClN2O2. The van der Waals surface area contributed by atoms with Crippen molar-refractivity contribution in [3.63, 3.8) is 0 Å². The van der Waals surface area contributed by atoms with Crippen LogP contribution in [0.4, 0.5) is 5.69 Å². The Morgan fingerprint density at radius 1 is 1.12 bits per heavy atom. The summed E-state index contributed by atoms with van der Waals surface area (Å²) in [6, 6.07) is 13.3.